The van der Waals surface area contributed by atoms with Gasteiger partial charge in [0.05, 0.1) is 6.21 Å². The summed E-state index contributed by atoms with van der Waals surface area (Å²) in [6.45, 7) is 1.74. The van der Waals surface area contributed by atoms with Crippen molar-refractivity contribution in [2.75, 3.05) is 5.32 Å². The number of hydrazone groups is 1. The van der Waals surface area contributed by atoms with E-state index in [4.69, 9.17) is 0 Å². The van der Waals surface area contributed by atoms with Gasteiger partial charge in [0.25, 0.3) is 5.91 Å². The van der Waals surface area contributed by atoms with Crippen molar-refractivity contribution in [3.63, 3.8) is 0 Å². The van der Waals surface area contributed by atoms with E-state index in [-0.39, 0.29) is 11.7 Å². The molecule has 0 bridgehead atoms. The molecule has 0 spiro atoms. The van der Waals surface area contributed by atoms with Gasteiger partial charge in [0.1, 0.15) is 11.9 Å². The summed E-state index contributed by atoms with van der Waals surface area (Å²) in [4.78, 5) is 12.1. The van der Waals surface area contributed by atoms with Crippen LogP contribution in [-0.2, 0) is 4.79 Å². The van der Waals surface area contributed by atoms with Crippen LogP contribution in [0.5, 0.6) is 0 Å². The minimum atomic E-state index is -0.487. The number of amides is 1. The lowest BCUT2D eigenvalue weighted by Crippen LogP contribution is -2.34. The summed E-state index contributed by atoms with van der Waals surface area (Å²) in [5, 5.41) is 9.18. The number of carbonyl (C=O) groups is 1. The molecule has 0 radical (unpaired) electrons. The van der Waals surface area contributed by atoms with Crippen LogP contribution < -0.4 is 10.7 Å². The second-order valence-corrected chi connectivity index (χ2v) is 5.68. The van der Waals surface area contributed by atoms with E-state index >= 15 is 0 Å². The van der Waals surface area contributed by atoms with E-state index in [1.165, 1.54) is 12.3 Å². The van der Waals surface area contributed by atoms with Gasteiger partial charge < -0.3 is 5.32 Å². The number of fused-ring (bicyclic) bond motifs is 1. The molecule has 0 saturated heterocycles. The molecule has 1 atom stereocenters. The van der Waals surface area contributed by atoms with Crippen molar-refractivity contribution < 1.29 is 9.18 Å². The molecule has 2 N–H and O–H groups in total. The summed E-state index contributed by atoms with van der Waals surface area (Å²) >= 11 is 0. The van der Waals surface area contributed by atoms with Crippen LogP contribution in [0.25, 0.3) is 10.8 Å². The first-order valence-electron chi connectivity index (χ1n) is 7.96. The molecule has 126 valence electrons. The molecule has 25 heavy (non-hydrogen) atoms. The topological polar surface area (TPSA) is 53.5 Å². The van der Waals surface area contributed by atoms with E-state index in [0.29, 0.717) is 5.56 Å². The molecule has 0 aliphatic rings. The Hall–Kier alpha value is -3.21. The Labute approximate surface area is 145 Å². The lowest BCUT2D eigenvalue weighted by molar-refractivity contribution is -0.121. The SMILES string of the molecule is C[C@@H](Nc1ccc2ccccc2c1)C(=O)NN=Cc1ccccc1F. The lowest BCUT2D eigenvalue weighted by Gasteiger charge is -2.14. The molecular formula is C20H18FN3O. The summed E-state index contributed by atoms with van der Waals surface area (Å²) < 4.78 is 13.5. The first kappa shape index (κ1) is 16.6. The van der Waals surface area contributed by atoms with Gasteiger partial charge >= 0.3 is 0 Å². The largest absolute Gasteiger partial charge is 0.374 e. The third kappa shape index (κ3) is 4.20. The van der Waals surface area contributed by atoms with Gasteiger partial charge in [-0.15, -0.1) is 0 Å². The molecule has 1 amide bonds. The first-order valence-corrected chi connectivity index (χ1v) is 7.96. The molecule has 3 aromatic carbocycles. The monoisotopic (exact) mass is 335 g/mol. The molecule has 0 fully saturated rings. The van der Waals surface area contributed by atoms with Crippen molar-refractivity contribution in [1.29, 1.82) is 0 Å². The Balaban J connectivity index is 1.61. The average Bonchev–Trinajstić information content (AvgIpc) is 2.63. The number of benzene rings is 3. The number of nitrogens with one attached hydrogen (secondary N) is 2. The zero-order chi connectivity index (χ0) is 17.6. The minimum absolute atomic E-state index is 0.305. The fraction of sp³-hybridized carbons (Fsp3) is 0.100. The first-order chi connectivity index (χ1) is 12.1. The summed E-state index contributed by atoms with van der Waals surface area (Å²) in [5.41, 5.74) is 3.58. The fourth-order valence-electron chi connectivity index (χ4n) is 2.44. The highest BCUT2D eigenvalue weighted by molar-refractivity contribution is 5.89. The average molecular weight is 335 g/mol. The van der Waals surface area contributed by atoms with E-state index < -0.39 is 6.04 Å². The predicted octanol–water partition coefficient (Wildman–Crippen LogP) is 3.93. The van der Waals surface area contributed by atoms with E-state index in [0.717, 1.165) is 16.5 Å². The molecule has 3 rings (SSSR count). The van der Waals surface area contributed by atoms with Crippen molar-refractivity contribution in [2.24, 2.45) is 5.10 Å². The Bertz CT molecular complexity index is 923. The van der Waals surface area contributed by atoms with Crippen LogP contribution >= 0.6 is 0 Å². The molecule has 0 heterocycles. The standard InChI is InChI=1S/C20H18FN3O/c1-14(20(25)24-22-13-17-8-4-5-9-19(17)21)23-18-11-10-15-6-2-3-7-16(15)12-18/h2-14,23H,1H3,(H,24,25)/t14-/m1/s1. The molecule has 0 unspecified atom stereocenters. The molecule has 0 aliphatic carbocycles. The van der Waals surface area contributed by atoms with Crippen molar-refractivity contribution in [3.05, 3.63) is 78.1 Å². The second kappa shape index (κ2) is 7.57. The van der Waals surface area contributed by atoms with Crippen molar-refractivity contribution in [2.45, 2.75) is 13.0 Å². The van der Waals surface area contributed by atoms with Gasteiger partial charge in [-0.2, -0.15) is 5.10 Å². The Morgan fingerprint density at radius 3 is 2.56 bits per heavy atom. The van der Waals surface area contributed by atoms with Gasteiger partial charge in [-0.3, -0.25) is 4.79 Å². The fourth-order valence-corrected chi connectivity index (χ4v) is 2.44. The van der Waals surface area contributed by atoms with Crippen LogP contribution in [0.1, 0.15) is 12.5 Å². The normalized spacial score (nSPS) is 12.2. The van der Waals surface area contributed by atoms with Crippen LogP contribution in [0.4, 0.5) is 10.1 Å². The Kier molecular flexibility index (Phi) is 5.04. The highest BCUT2D eigenvalue weighted by Gasteiger charge is 2.11. The van der Waals surface area contributed by atoms with Gasteiger partial charge in [-0.25, -0.2) is 9.82 Å². The van der Waals surface area contributed by atoms with Gasteiger partial charge in [-0.05, 0) is 35.9 Å². The third-order valence-corrected chi connectivity index (χ3v) is 3.81. The molecule has 0 aromatic heterocycles. The molecular weight excluding hydrogens is 317 g/mol. The highest BCUT2D eigenvalue weighted by Crippen LogP contribution is 2.19. The zero-order valence-corrected chi connectivity index (χ0v) is 13.7. The van der Waals surface area contributed by atoms with E-state index in [2.05, 4.69) is 15.8 Å². The number of carbonyl (C=O) groups excluding carboxylic acids is 1. The van der Waals surface area contributed by atoms with Gasteiger partial charge in [-0.1, -0.05) is 48.5 Å². The quantitative estimate of drug-likeness (QED) is 0.548. The molecule has 3 aromatic rings. The molecule has 0 saturated carbocycles. The maximum atomic E-state index is 13.5. The summed E-state index contributed by atoms with van der Waals surface area (Å²) in [6, 6.07) is 19.7. The Morgan fingerprint density at radius 1 is 1.04 bits per heavy atom. The van der Waals surface area contributed by atoms with Crippen LogP contribution in [0.15, 0.2) is 71.8 Å². The summed E-state index contributed by atoms with van der Waals surface area (Å²) in [6.07, 6.45) is 1.29. The lowest BCUT2D eigenvalue weighted by atomic mass is 10.1. The number of halogens is 1. The second-order valence-electron chi connectivity index (χ2n) is 5.68. The van der Waals surface area contributed by atoms with E-state index in [1.54, 1.807) is 25.1 Å². The van der Waals surface area contributed by atoms with Gasteiger partial charge in [0.15, 0.2) is 0 Å². The van der Waals surface area contributed by atoms with Crippen molar-refractivity contribution >= 4 is 28.6 Å². The number of rotatable bonds is 5. The molecule has 0 aliphatic heterocycles. The van der Waals surface area contributed by atoms with E-state index in [1.807, 2.05) is 42.5 Å². The Morgan fingerprint density at radius 2 is 1.76 bits per heavy atom. The maximum absolute atomic E-state index is 13.5. The smallest absolute Gasteiger partial charge is 0.262 e. The minimum Gasteiger partial charge on any atom is -0.374 e. The van der Waals surface area contributed by atoms with Gasteiger partial charge in [0.2, 0.25) is 0 Å². The summed E-state index contributed by atoms with van der Waals surface area (Å²) in [7, 11) is 0. The zero-order valence-electron chi connectivity index (χ0n) is 13.7. The van der Waals surface area contributed by atoms with Gasteiger partial charge in [0, 0.05) is 11.3 Å². The maximum Gasteiger partial charge on any atom is 0.262 e. The number of hydrogen-bond donors (Lipinski definition) is 2. The molecule has 5 heteroatoms. The van der Waals surface area contributed by atoms with Crippen LogP contribution in [-0.4, -0.2) is 18.2 Å². The highest BCUT2D eigenvalue weighted by atomic mass is 19.1. The van der Waals surface area contributed by atoms with Crippen LogP contribution in [0, 0.1) is 5.82 Å². The predicted molar refractivity (Wildman–Crippen MR) is 99.2 cm³/mol. The number of nitrogens with zero attached hydrogens (tertiary/aromatic N) is 1. The van der Waals surface area contributed by atoms with Crippen molar-refractivity contribution in [3.8, 4) is 0 Å². The number of hydrogen-bond acceptors (Lipinski definition) is 3. The molecule has 4 nitrogen and oxygen atoms in total. The summed E-state index contributed by atoms with van der Waals surface area (Å²) in [5.74, 6) is -0.691. The van der Waals surface area contributed by atoms with Crippen LogP contribution in [0.3, 0.4) is 0 Å². The number of anilines is 1. The van der Waals surface area contributed by atoms with Crippen LogP contribution in [0.2, 0.25) is 0 Å². The third-order valence-electron chi connectivity index (χ3n) is 3.81. The van der Waals surface area contributed by atoms with Crippen molar-refractivity contribution in [1.82, 2.24) is 5.43 Å². The van der Waals surface area contributed by atoms with E-state index in [9.17, 15) is 9.18 Å².